The molecule has 0 aliphatic carbocycles. The second-order valence-electron chi connectivity index (χ2n) is 5.62. The van der Waals surface area contributed by atoms with Gasteiger partial charge in [0, 0.05) is 13.5 Å². The lowest BCUT2D eigenvalue weighted by Gasteiger charge is -2.25. The Labute approximate surface area is 140 Å². The number of carbonyl (C=O) groups excluding carboxylic acids is 1. The van der Waals surface area contributed by atoms with Crippen LogP contribution in [0, 0.1) is 11.6 Å². The van der Waals surface area contributed by atoms with Crippen LogP contribution in [0.4, 0.5) is 8.78 Å². The third-order valence-electron chi connectivity index (χ3n) is 3.95. The summed E-state index contributed by atoms with van der Waals surface area (Å²) >= 11 is 0. The van der Waals surface area contributed by atoms with Crippen molar-refractivity contribution in [2.45, 2.75) is 25.8 Å². The molecule has 0 spiro atoms. The van der Waals surface area contributed by atoms with Gasteiger partial charge in [-0.3, -0.25) is 4.79 Å². The molecular formula is C19H21F2NO2. The monoisotopic (exact) mass is 333 g/mol. The number of hydrogen-bond acceptors (Lipinski definition) is 2. The number of carbonyl (C=O) groups is 1. The average Bonchev–Trinajstić information content (AvgIpc) is 2.60. The van der Waals surface area contributed by atoms with Gasteiger partial charge in [-0.15, -0.1) is 0 Å². The SMILES string of the molecule is CC(c1ccc(F)c(F)c1)N(C)C(=O)CCCOc1ccccc1. The minimum Gasteiger partial charge on any atom is -0.494 e. The Kier molecular flexibility index (Phi) is 6.29. The van der Waals surface area contributed by atoms with E-state index >= 15 is 0 Å². The number of halogens is 2. The molecule has 0 fully saturated rings. The Morgan fingerprint density at radius 2 is 1.83 bits per heavy atom. The highest BCUT2D eigenvalue weighted by Gasteiger charge is 2.18. The number of para-hydroxylation sites is 1. The van der Waals surface area contributed by atoms with Crippen LogP contribution in [-0.4, -0.2) is 24.5 Å². The van der Waals surface area contributed by atoms with E-state index in [1.165, 1.54) is 11.0 Å². The molecule has 0 aromatic heterocycles. The van der Waals surface area contributed by atoms with Gasteiger partial charge >= 0.3 is 0 Å². The van der Waals surface area contributed by atoms with Gasteiger partial charge in [0.1, 0.15) is 5.75 Å². The molecule has 0 saturated carbocycles. The predicted octanol–water partition coefficient (Wildman–Crippen LogP) is 4.34. The minimum absolute atomic E-state index is 0.0658. The molecule has 0 aliphatic rings. The summed E-state index contributed by atoms with van der Waals surface area (Å²) in [6, 6.07) is 12.8. The number of hydrogen-bond donors (Lipinski definition) is 0. The van der Waals surface area contributed by atoms with Crippen LogP contribution in [0.2, 0.25) is 0 Å². The van der Waals surface area contributed by atoms with E-state index < -0.39 is 11.6 Å². The van der Waals surface area contributed by atoms with Crippen molar-refractivity contribution in [1.29, 1.82) is 0 Å². The van der Waals surface area contributed by atoms with E-state index in [2.05, 4.69) is 0 Å². The smallest absolute Gasteiger partial charge is 0.222 e. The zero-order valence-corrected chi connectivity index (χ0v) is 13.8. The van der Waals surface area contributed by atoms with Crippen LogP contribution in [0.15, 0.2) is 48.5 Å². The van der Waals surface area contributed by atoms with Gasteiger partial charge in [0.25, 0.3) is 0 Å². The Balaban J connectivity index is 1.81. The fourth-order valence-corrected chi connectivity index (χ4v) is 2.32. The van der Waals surface area contributed by atoms with Crippen LogP contribution in [0.5, 0.6) is 5.75 Å². The van der Waals surface area contributed by atoms with E-state index in [-0.39, 0.29) is 11.9 Å². The first-order valence-electron chi connectivity index (χ1n) is 7.87. The minimum atomic E-state index is -0.906. The maximum absolute atomic E-state index is 13.3. The molecule has 3 nitrogen and oxygen atoms in total. The molecular weight excluding hydrogens is 312 g/mol. The van der Waals surface area contributed by atoms with E-state index in [1.807, 2.05) is 30.3 Å². The van der Waals surface area contributed by atoms with Crippen molar-refractivity contribution in [2.75, 3.05) is 13.7 Å². The van der Waals surface area contributed by atoms with Gasteiger partial charge in [-0.05, 0) is 43.2 Å². The van der Waals surface area contributed by atoms with E-state index in [4.69, 9.17) is 4.74 Å². The van der Waals surface area contributed by atoms with Crippen molar-refractivity contribution >= 4 is 5.91 Å². The summed E-state index contributed by atoms with van der Waals surface area (Å²) in [5, 5.41) is 0. The molecule has 5 heteroatoms. The zero-order chi connectivity index (χ0) is 17.5. The molecule has 1 unspecified atom stereocenters. The van der Waals surface area contributed by atoms with Crippen molar-refractivity contribution in [1.82, 2.24) is 4.90 Å². The first-order chi connectivity index (χ1) is 11.5. The highest BCUT2D eigenvalue weighted by Crippen LogP contribution is 2.21. The van der Waals surface area contributed by atoms with Gasteiger partial charge in [0.05, 0.1) is 12.6 Å². The topological polar surface area (TPSA) is 29.5 Å². The molecule has 24 heavy (non-hydrogen) atoms. The van der Waals surface area contributed by atoms with Crippen molar-refractivity contribution < 1.29 is 18.3 Å². The molecule has 0 heterocycles. The maximum atomic E-state index is 13.3. The summed E-state index contributed by atoms with van der Waals surface area (Å²) in [5.74, 6) is -1.09. The van der Waals surface area contributed by atoms with Crippen molar-refractivity contribution in [3.63, 3.8) is 0 Å². The molecule has 0 radical (unpaired) electrons. The third-order valence-corrected chi connectivity index (χ3v) is 3.95. The molecule has 0 bridgehead atoms. The summed E-state index contributed by atoms with van der Waals surface area (Å²) in [5.41, 5.74) is 0.560. The van der Waals surface area contributed by atoms with Gasteiger partial charge in [-0.1, -0.05) is 24.3 Å². The highest BCUT2D eigenvalue weighted by atomic mass is 19.2. The van der Waals surface area contributed by atoms with Crippen LogP contribution in [0.1, 0.15) is 31.4 Å². The van der Waals surface area contributed by atoms with Crippen LogP contribution < -0.4 is 4.74 Å². The Hall–Kier alpha value is -2.43. The highest BCUT2D eigenvalue weighted by molar-refractivity contribution is 5.76. The third kappa shape index (κ3) is 4.78. The molecule has 128 valence electrons. The standard InChI is InChI=1S/C19H21F2NO2/c1-14(15-10-11-17(20)18(21)13-15)22(2)19(23)9-6-12-24-16-7-4-3-5-8-16/h3-5,7-8,10-11,13-14H,6,9,12H2,1-2H3. The van der Waals surface area contributed by atoms with Gasteiger partial charge in [-0.2, -0.15) is 0 Å². The fourth-order valence-electron chi connectivity index (χ4n) is 2.32. The molecule has 2 aromatic rings. The molecule has 0 aliphatic heterocycles. The van der Waals surface area contributed by atoms with Crippen LogP contribution in [0.3, 0.4) is 0 Å². The summed E-state index contributed by atoms with van der Waals surface area (Å²) in [6.45, 7) is 2.23. The van der Waals surface area contributed by atoms with E-state index in [0.29, 0.717) is 25.0 Å². The predicted molar refractivity (Wildman–Crippen MR) is 88.7 cm³/mol. The fraction of sp³-hybridized carbons (Fsp3) is 0.316. The quantitative estimate of drug-likeness (QED) is 0.705. The number of nitrogens with zero attached hydrogens (tertiary/aromatic N) is 1. The zero-order valence-electron chi connectivity index (χ0n) is 13.8. The van der Waals surface area contributed by atoms with E-state index in [1.54, 1.807) is 14.0 Å². The second-order valence-corrected chi connectivity index (χ2v) is 5.62. The molecule has 1 amide bonds. The lowest BCUT2D eigenvalue weighted by Crippen LogP contribution is -2.29. The van der Waals surface area contributed by atoms with Crippen molar-refractivity contribution in [3.8, 4) is 5.75 Å². The molecule has 0 saturated heterocycles. The summed E-state index contributed by atoms with van der Waals surface area (Å²) < 4.78 is 31.9. The largest absolute Gasteiger partial charge is 0.494 e. The van der Waals surface area contributed by atoms with Crippen LogP contribution >= 0.6 is 0 Å². The number of benzene rings is 2. The maximum Gasteiger partial charge on any atom is 0.222 e. The summed E-state index contributed by atoms with van der Waals surface area (Å²) in [4.78, 5) is 13.8. The molecule has 2 aromatic carbocycles. The average molecular weight is 333 g/mol. The number of rotatable bonds is 7. The first kappa shape index (κ1) is 17.9. The lowest BCUT2D eigenvalue weighted by atomic mass is 10.1. The van der Waals surface area contributed by atoms with Crippen LogP contribution in [0.25, 0.3) is 0 Å². The second kappa shape index (κ2) is 8.43. The molecule has 2 rings (SSSR count). The normalized spacial score (nSPS) is 11.8. The Bertz CT molecular complexity index is 676. The molecule has 0 N–H and O–H groups in total. The van der Waals surface area contributed by atoms with Gasteiger partial charge in [-0.25, -0.2) is 8.78 Å². The molecule has 1 atom stereocenters. The number of ether oxygens (including phenoxy) is 1. The first-order valence-corrected chi connectivity index (χ1v) is 7.87. The van der Waals surface area contributed by atoms with Crippen molar-refractivity contribution in [2.24, 2.45) is 0 Å². The Morgan fingerprint density at radius 1 is 1.12 bits per heavy atom. The van der Waals surface area contributed by atoms with Gasteiger partial charge < -0.3 is 9.64 Å². The van der Waals surface area contributed by atoms with Crippen LogP contribution in [-0.2, 0) is 4.79 Å². The number of amides is 1. The summed E-state index contributed by atoms with van der Waals surface area (Å²) in [7, 11) is 1.66. The van der Waals surface area contributed by atoms with E-state index in [9.17, 15) is 13.6 Å². The summed E-state index contributed by atoms with van der Waals surface area (Å²) in [6.07, 6.45) is 0.917. The van der Waals surface area contributed by atoms with Gasteiger partial charge in [0.2, 0.25) is 5.91 Å². The van der Waals surface area contributed by atoms with Gasteiger partial charge in [0.15, 0.2) is 11.6 Å². The van der Waals surface area contributed by atoms with E-state index in [0.717, 1.165) is 17.9 Å². The lowest BCUT2D eigenvalue weighted by molar-refractivity contribution is -0.132. The Morgan fingerprint density at radius 3 is 2.50 bits per heavy atom. The van der Waals surface area contributed by atoms with Crippen molar-refractivity contribution in [3.05, 3.63) is 65.7 Å².